The monoisotopic (exact) mass is 204 g/mol. The Morgan fingerprint density at radius 2 is 1.83 bits per heavy atom. The molecule has 0 aromatic heterocycles. The normalized spacial score (nSPS) is 13.9. The summed E-state index contributed by atoms with van der Waals surface area (Å²) < 4.78 is 4.28. The number of aliphatic hydroxyl groups is 1. The summed E-state index contributed by atoms with van der Waals surface area (Å²) in [6, 6.07) is 0. The number of esters is 1. The van der Waals surface area contributed by atoms with Crippen molar-refractivity contribution in [1.29, 1.82) is 0 Å². The third-order valence-electron chi connectivity index (χ3n) is 0.982. The van der Waals surface area contributed by atoms with Crippen LogP contribution in [0.3, 0.4) is 0 Å². The summed E-state index contributed by atoms with van der Waals surface area (Å²) in [6.45, 7) is 2.42. The predicted molar refractivity (Wildman–Crippen MR) is 42.8 cm³/mol. The molecule has 0 spiro atoms. The number of aliphatic hydroxyl groups excluding tert-OH is 1. The van der Waals surface area contributed by atoms with Gasteiger partial charge < -0.3 is 17.8 Å². The van der Waals surface area contributed by atoms with Crippen LogP contribution in [-0.2, 0) is 14.3 Å². The minimum atomic E-state index is -1.28. The molecule has 12 heavy (non-hydrogen) atoms. The van der Waals surface area contributed by atoms with E-state index >= 15 is 0 Å². The maximum atomic E-state index is 10.5. The average molecular weight is 204 g/mol. The molecule has 0 saturated carbocycles. The van der Waals surface area contributed by atoms with E-state index in [0.29, 0.717) is 0 Å². The molecular formula is C6H12CaO5. The zero-order chi connectivity index (χ0) is 9.02. The number of hydrogen-bond acceptors (Lipinski definition) is 4. The first-order valence-electron chi connectivity index (χ1n) is 3.06. The molecule has 5 nitrogen and oxygen atoms in total. The molecule has 0 rings (SSSR count). The van der Waals surface area contributed by atoms with Gasteiger partial charge in [0, 0.05) is 0 Å². The van der Waals surface area contributed by atoms with Crippen LogP contribution in [0.5, 0.6) is 0 Å². The second kappa shape index (κ2) is 6.65. The maximum absolute atomic E-state index is 10.5. The summed E-state index contributed by atoms with van der Waals surface area (Å²) in [6.07, 6.45) is -2.49. The first-order valence-corrected chi connectivity index (χ1v) is 3.06. The van der Waals surface area contributed by atoms with Gasteiger partial charge >= 0.3 is 49.7 Å². The Bertz CT molecular complexity index is 176. The summed E-state index contributed by atoms with van der Waals surface area (Å²) in [5.74, 6) is -2.17. The fourth-order valence-corrected chi connectivity index (χ4v) is 0.323. The molecule has 0 saturated heterocycles. The van der Waals surface area contributed by atoms with E-state index in [4.69, 9.17) is 10.2 Å². The van der Waals surface area contributed by atoms with E-state index in [1.54, 1.807) is 0 Å². The largest absolute Gasteiger partial charge is 2.00 e. The summed E-state index contributed by atoms with van der Waals surface area (Å²) >= 11 is 0. The number of ether oxygens (including phenoxy) is 1. The van der Waals surface area contributed by atoms with Gasteiger partial charge in [-0.2, -0.15) is 0 Å². The van der Waals surface area contributed by atoms with E-state index < -0.39 is 24.1 Å². The summed E-state index contributed by atoms with van der Waals surface area (Å²) in [5, 5.41) is 16.8. The van der Waals surface area contributed by atoms with Gasteiger partial charge in [-0.15, -0.1) is 0 Å². The van der Waals surface area contributed by atoms with E-state index in [9.17, 15) is 9.59 Å². The fraction of sp³-hybridized carbons (Fsp3) is 0.667. The van der Waals surface area contributed by atoms with Crippen molar-refractivity contribution in [2.75, 3.05) is 0 Å². The Kier molecular flexibility index (Phi) is 8.13. The average Bonchev–Trinajstić information content (AvgIpc) is 1.87. The van der Waals surface area contributed by atoms with Crippen molar-refractivity contribution in [2.24, 2.45) is 0 Å². The molecule has 2 atom stereocenters. The molecule has 0 aliphatic heterocycles. The Balaban J connectivity index is -0.000000167. The Morgan fingerprint density at radius 1 is 1.42 bits per heavy atom. The van der Waals surface area contributed by atoms with Gasteiger partial charge in [-0.1, -0.05) is 0 Å². The zero-order valence-electron chi connectivity index (χ0n) is 8.98. The molecule has 0 fully saturated rings. The van der Waals surface area contributed by atoms with Crippen LogP contribution < -0.4 is 0 Å². The van der Waals surface area contributed by atoms with Crippen LogP contribution in [0.4, 0.5) is 0 Å². The van der Waals surface area contributed by atoms with Gasteiger partial charge in [-0.05, 0) is 13.8 Å². The van der Waals surface area contributed by atoms with Crippen LogP contribution in [0.25, 0.3) is 0 Å². The third kappa shape index (κ3) is 5.77. The Morgan fingerprint density at radius 3 is 2.08 bits per heavy atom. The Labute approximate surface area is 103 Å². The van der Waals surface area contributed by atoms with Gasteiger partial charge in [0.05, 0.1) is 0 Å². The van der Waals surface area contributed by atoms with Crippen LogP contribution in [0.15, 0.2) is 0 Å². The second-order valence-electron chi connectivity index (χ2n) is 2.09. The standard InChI is InChI=1S/C6H10O5.Ca.2H/c1-3(7)6(10)11-4(2)5(8)9;;;/h3-4,7H,1-2H3,(H,8,9);;;/q;+2;2*-1. The van der Waals surface area contributed by atoms with Crippen molar-refractivity contribution >= 4 is 49.7 Å². The number of carboxylic acids is 1. The molecular weight excluding hydrogens is 192 g/mol. The number of carbonyl (C=O) groups excluding carboxylic acids is 1. The van der Waals surface area contributed by atoms with Crippen molar-refractivity contribution in [3.63, 3.8) is 0 Å². The molecule has 0 heterocycles. The van der Waals surface area contributed by atoms with E-state index in [1.807, 2.05) is 0 Å². The van der Waals surface area contributed by atoms with Gasteiger partial charge in [0.15, 0.2) is 6.10 Å². The SMILES string of the molecule is CC(O)C(=O)OC(C)C(=O)O.[Ca+2].[H-].[H-]. The molecule has 0 radical (unpaired) electrons. The van der Waals surface area contributed by atoms with E-state index in [2.05, 4.69) is 4.74 Å². The van der Waals surface area contributed by atoms with Crippen LogP contribution in [-0.4, -0.2) is 72.1 Å². The van der Waals surface area contributed by atoms with Crippen molar-refractivity contribution in [3.05, 3.63) is 0 Å². The summed E-state index contributed by atoms with van der Waals surface area (Å²) in [4.78, 5) is 20.6. The fourth-order valence-electron chi connectivity index (χ4n) is 0.323. The molecule has 68 valence electrons. The van der Waals surface area contributed by atoms with Crippen molar-refractivity contribution < 1.29 is 27.4 Å². The smallest absolute Gasteiger partial charge is 1.00 e. The van der Waals surface area contributed by atoms with Crippen LogP contribution >= 0.6 is 0 Å². The predicted octanol–water partition coefficient (Wildman–Crippen LogP) is -0.772. The molecule has 0 bridgehead atoms. The quantitative estimate of drug-likeness (QED) is 0.466. The molecule has 2 N–H and O–H groups in total. The number of rotatable bonds is 3. The van der Waals surface area contributed by atoms with Gasteiger partial charge in [-0.25, -0.2) is 9.59 Å². The Hall–Kier alpha value is 0.160. The molecule has 0 amide bonds. The van der Waals surface area contributed by atoms with Crippen molar-refractivity contribution in [1.82, 2.24) is 0 Å². The van der Waals surface area contributed by atoms with Gasteiger partial charge in [0.2, 0.25) is 0 Å². The van der Waals surface area contributed by atoms with E-state index in [-0.39, 0.29) is 40.6 Å². The molecule has 0 aliphatic carbocycles. The van der Waals surface area contributed by atoms with Crippen LogP contribution in [0.1, 0.15) is 16.7 Å². The molecule has 0 aromatic rings. The number of hydrogen-bond donors (Lipinski definition) is 2. The maximum Gasteiger partial charge on any atom is 2.00 e. The number of carboxylic acid groups (broad SMARTS) is 1. The molecule has 0 aromatic carbocycles. The topological polar surface area (TPSA) is 83.8 Å². The zero-order valence-corrected chi connectivity index (χ0v) is 9.19. The summed E-state index contributed by atoms with van der Waals surface area (Å²) in [7, 11) is 0. The minimum Gasteiger partial charge on any atom is -1.00 e. The van der Waals surface area contributed by atoms with Gasteiger partial charge in [0.1, 0.15) is 6.10 Å². The van der Waals surface area contributed by atoms with Gasteiger partial charge in [0.25, 0.3) is 0 Å². The molecule has 6 heteroatoms. The minimum absolute atomic E-state index is 0. The number of aliphatic carboxylic acids is 1. The van der Waals surface area contributed by atoms with E-state index in [1.165, 1.54) is 13.8 Å². The molecule has 0 aliphatic rings. The second-order valence-corrected chi connectivity index (χ2v) is 2.09. The first kappa shape index (κ1) is 14.7. The van der Waals surface area contributed by atoms with Gasteiger partial charge in [-0.3, -0.25) is 0 Å². The first-order chi connectivity index (χ1) is 4.95. The van der Waals surface area contributed by atoms with Crippen LogP contribution in [0, 0.1) is 0 Å². The van der Waals surface area contributed by atoms with E-state index in [0.717, 1.165) is 0 Å². The third-order valence-corrected chi connectivity index (χ3v) is 0.982. The van der Waals surface area contributed by atoms with Crippen molar-refractivity contribution in [3.8, 4) is 0 Å². The van der Waals surface area contributed by atoms with Crippen LogP contribution in [0.2, 0.25) is 0 Å². The van der Waals surface area contributed by atoms with Crippen molar-refractivity contribution in [2.45, 2.75) is 26.1 Å². The number of carbonyl (C=O) groups is 2. The molecule has 2 unspecified atom stereocenters. The summed E-state index contributed by atoms with van der Waals surface area (Å²) in [5.41, 5.74) is 0.